The van der Waals surface area contributed by atoms with E-state index in [1.807, 2.05) is 7.05 Å². The zero-order valence-electron chi connectivity index (χ0n) is 14.1. The van der Waals surface area contributed by atoms with Crippen molar-refractivity contribution in [2.24, 2.45) is 0 Å². The summed E-state index contributed by atoms with van der Waals surface area (Å²) in [6, 6.07) is 5.70. The molecule has 0 atom stereocenters. The molecule has 0 bridgehead atoms. The van der Waals surface area contributed by atoms with Crippen molar-refractivity contribution in [3.8, 4) is 0 Å². The highest BCUT2D eigenvalue weighted by Gasteiger charge is 2.30. The molecule has 1 aromatic carbocycles. The van der Waals surface area contributed by atoms with E-state index in [-0.39, 0.29) is 5.56 Å². The summed E-state index contributed by atoms with van der Waals surface area (Å²) in [5, 5.41) is 2.60. The van der Waals surface area contributed by atoms with Gasteiger partial charge in [-0.1, -0.05) is 0 Å². The smallest absolute Gasteiger partial charge is 0.354 e. The Labute approximate surface area is 148 Å². The zero-order chi connectivity index (χ0) is 18.7. The second-order valence-corrected chi connectivity index (χ2v) is 6.08. The number of likely N-dealkylation sites (N-methyl/N-ethyl adjacent to an activating group) is 1. The lowest BCUT2D eigenvalue weighted by Crippen LogP contribution is -2.44. The molecule has 26 heavy (non-hydrogen) atoms. The highest BCUT2D eigenvalue weighted by atomic mass is 19.4. The van der Waals surface area contributed by atoms with Crippen molar-refractivity contribution in [2.45, 2.75) is 6.18 Å². The van der Waals surface area contributed by atoms with Crippen molar-refractivity contribution < 1.29 is 18.0 Å². The van der Waals surface area contributed by atoms with Gasteiger partial charge in [-0.2, -0.15) is 13.2 Å². The molecular weight excluding hydrogens is 347 g/mol. The minimum atomic E-state index is -4.43. The van der Waals surface area contributed by atoms with Crippen LogP contribution >= 0.6 is 0 Å². The fraction of sp³-hybridized carbons (Fsp3) is 0.353. The van der Waals surface area contributed by atoms with Gasteiger partial charge in [0, 0.05) is 37.8 Å². The summed E-state index contributed by atoms with van der Waals surface area (Å²) in [6.07, 6.45) is -3.07. The summed E-state index contributed by atoms with van der Waals surface area (Å²) in [5.41, 5.74) is -0.675. The number of hydrogen-bond acceptors (Lipinski definition) is 5. The molecule has 1 aliphatic heterocycles. The van der Waals surface area contributed by atoms with Crippen LogP contribution in [0.3, 0.4) is 0 Å². The molecule has 3 rings (SSSR count). The van der Waals surface area contributed by atoms with Gasteiger partial charge in [-0.3, -0.25) is 4.79 Å². The van der Waals surface area contributed by atoms with E-state index in [1.165, 1.54) is 6.33 Å². The number of rotatable bonds is 3. The van der Waals surface area contributed by atoms with Crippen LogP contribution in [0.15, 0.2) is 36.7 Å². The molecule has 1 aliphatic rings. The number of anilines is 2. The van der Waals surface area contributed by atoms with Gasteiger partial charge in [0.25, 0.3) is 5.91 Å². The fourth-order valence-corrected chi connectivity index (χ4v) is 2.62. The summed E-state index contributed by atoms with van der Waals surface area (Å²) in [7, 11) is 2.05. The summed E-state index contributed by atoms with van der Waals surface area (Å²) in [5.74, 6) is 0.483. The maximum Gasteiger partial charge on any atom is 0.416 e. The number of carbonyl (C=O) groups excluding carboxylic acids is 1. The van der Waals surface area contributed by atoms with Crippen LogP contribution in [0, 0.1) is 0 Å². The van der Waals surface area contributed by atoms with E-state index in [2.05, 4.69) is 25.1 Å². The van der Waals surface area contributed by atoms with E-state index in [1.54, 1.807) is 6.07 Å². The molecule has 0 radical (unpaired) electrons. The minimum absolute atomic E-state index is 0.123. The molecule has 0 aliphatic carbocycles. The second-order valence-electron chi connectivity index (χ2n) is 6.08. The normalized spacial score (nSPS) is 15.8. The third-order valence-corrected chi connectivity index (χ3v) is 4.20. The first kappa shape index (κ1) is 18.1. The standard InChI is InChI=1S/C17H18F3N5O/c1-24-6-8-25(9-7-24)15-10-14(21-11-22-15)23-16(26)12-2-4-13(5-3-12)17(18,19)20/h2-5,10-11H,6-9H2,1H3,(H,21,22,23,26). The molecule has 1 aromatic heterocycles. The van der Waals surface area contributed by atoms with Crippen molar-refractivity contribution in [3.63, 3.8) is 0 Å². The van der Waals surface area contributed by atoms with Crippen molar-refractivity contribution in [1.29, 1.82) is 0 Å². The first-order chi connectivity index (χ1) is 12.3. The average Bonchev–Trinajstić information content (AvgIpc) is 2.62. The molecular formula is C17H18F3N5O. The Morgan fingerprint density at radius 1 is 1.08 bits per heavy atom. The van der Waals surface area contributed by atoms with E-state index in [9.17, 15) is 18.0 Å². The monoisotopic (exact) mass is 365 g/mol. The molecule has 1 fully saturated rings. The summed E-state index contributed by atoms with van der Waals surface area (Å²) in [4.78, 5) is 24.8. The van der Waals surface area contributed by atoms with Gasteiger partial charge in [0.1, 0.15) is 18.0 Å². The Morgan fingerprint density at radius 3 is 2.35 bits per heavy atom. The van der Waals surface area contributed by atoms with E-state index < -0.39 is 17.6 Å². The number of amides is 1. The number of alkyl halides is 3. The van der Waals surface area contributed by atoms with Gasteiger partial charge < -0.3 is 15.1 Å². The van der Waals surface area contributed by atoms with Crippen molar-refractivity contribution in [2.75, 3.05) is 43.4 Å². The van der Waals surface area contributed by atoms with Gasteiger partial charge in [-0.05, 0) is 31.3 Å². The lowest BCUT2D eigenvalue weighted by molar-refractivity contribution is -0.137. The lowest BCUT2D eigenvalue weighted by atomic mass is 10.1. The van der Waals surface area contributed by atoms with E-state index in [4.69, 9.17) is 0 Å². The Balaban J connectivity index is 1.68. The number of nitrogens with one attached hydrogen (secondary N) is 1. The van der Waals surface area contributed by atoms with E-state index in [0.29, 0.717) is 11.6 Å². The number of benzene rings is 1. The quantitative estimate of drug-likeness (QED) is 0.906. The first-order valence-electron chi connectivity index (χ1n) is 8.07. The number of halogens is 3. The van der Waals surface area contributed by atoms with Crippen LogP contribution in [-0.4, -0.2) is 54.0 Å². The average molecular weight is 365 g/mol. The van der Waals surface area contributed by atoms with Crippen LogP contribution in [0.5, 0.6) is 0 Å². The SMILES string of the molecule is CN1CCN(c2cc(NC(=O)c3ccc(C(F)(F)F)cc3)ncn2)CC1. The van der Waals surface area contributed by atoms with Crippen molar-refractivity contribution in [3.05, 3.63) is 47.8 Å². The largest absolute Gasteiger partial charge is 0.416 e. The van der Waals surface area contributed by atoms with Gasteiger partial charge in [0.2, 0.25) is 0 Å². The van der Waals surface area contributed by atoms with Crippen LogP contribution < -0.4 is 10.2 Å². The molecule has 1 saturated heterocycles. The Bertz CT molecular complexity index is 771. The molecule has 1 N–H and O–H groups in total. The van der Waals surface area contributed by atoms with Crippen molar-refractivity contribution >= 4 is 17.5 Å². The second kappa shape index (κ2) is 7.28. The zero-order valence-corrected chi connectivity index (χ0v) is 14.1. The topological polar surface area (TPSA) is 61.4 Å². The number of hydrogen-bond donors (Lipinski definition) is 1. The molecule has 1 amide bonds. The number of carbonyl (C=O) groups is 1. The number of piperazine rings is 1. The fourth-order valence-electron chi connectivity index (χ4n) is 2.62. The van der Waals surface area contributed by atoms with Gasteiger partial charge in [0.05, 0.1) is 5.56 Å². The van der Waals surface area contributed by atoms with Gasteiger partial charge in [0.15, 0.2) is 0 Å². The van der Waals surface area contributed by atoms with Crippen LogP contribution in [0.1, 0.15) is 15.9 Å². The Kier molecular flexibility index (Phi) is 5.08. The first-order valence-corrected chi connectivity index (χ1v) is 8.07. The Morgan fingerprint density at radius 2 is 1.73 bits per heavy atom. The highest BCUT2D eigenvalue weighted by Crippen LogP contribution is 2.29. The predicted molar refractivity (Wildman–Crippen MR) is 91.1 cm³/mol. The molecule has 9 heteroatoms. The van der Waals surface area contributed by atoms with Crippen LogP contribution in [0.4, 0.5) is 24.8 Å². The summed E-state index contributed by atoms with van der Waals surface area (Å²) in [6.45, 7) is 3.47. The minimum Gasteiger partial charge on any atom is -0.354 e. The number of nitrogens with zero attached hydrogens (tertiary/aromatic N) is 4. The third kappa shape index (κ3) is 4.29. The van der Waals surface area contributed by atoms with Gasteiger partial charge >= 0.3 is 6.18 Å². The molecule has 2 aromatic rings. The summed E-state index contributed by atoms with van der Waals surface area (Å²) >= 11 is 0. The Hall–Kier alpha value is -2.68. The lowest BCUT2D eigenvalue weighted by Gasteiger charge is -2.33. The van der Waals surface area contributed by atoms with Gasteiger partial charge in [-0.15, -0.1) is 0 Å². The maximum atomic E-state index is 12.6. The van der Waals surface area contributed by atoms with E-state index in [0.717, 1.165) is 50.4 Å². The third-order valence-electron chi connectivity index (χ3n) is 4.20. The molecule has 0 spiro atoms. The highest BCUT2D eigenvalue weighted by molar-refractivity contribution is 6.03. The molecule has 138 valence electrons. The van der Waals surface area contributed by atoms with Gasteiger partial charge in [-0.25, -0.2) is 9.97 Å². The maximum absolute atomic E-state index is 12.6. The van der Waals surface area contributed by atoms with E-state index >= 15 is 0 Å². The van der Waals surface area contributed by atoms with Crippen LogP contribution in [0.2, 0.25) is 0 Å². The molecule has 0 unspecified atom stereocenters. The molecule has 0 saturated carbocycles. The van der Waals surface area contributed by atoms with Crippen molar-refractivity contribution in [1.82, 2.24) is 14.9 Å². The van der Waals surface area contributed by atoms with Crippen LogP contribution in [0.25, 0.3) is 0 Å². The molecule has 2 heterocycles. The predicted octanol–water partition coefficient (Wildman–Crippen LogP) is 2.50. The summed E-state index contributed by atoms with van der Waals surface area (Å²) < 4.78 is 37.8. The molecule has 6 nitrogen and oxygen atoms in total. The number of aromatic nitrogens is 2. The van der Waals surface area contributed by atoms with Crippen LogP contribution in [-0.2, 0) is 6.18 Å².